The Hall–Kier alpha value is -1.40. The number of hydrogen-bond donors (Lipinski definition) is 0. The van der Waals surface area contributed by atoms with Crippen LogP contribution >= 0.6 is 0 Å². The van der Waals surface area contributed by atoms with Crippen LogP contribution < -0.4 is 0 Å². The highest BCUT2D eigenvalue weighted by atomic mass is 32.3. The highest BCUT2D eigenvalue weighted by Crippen LogP contribution is 1.93. The highest BCUT2D eigenvalue weighted by Gasteiger charge is 2.04. The van der Waals surface area contributed by atoms with Gasteiger partial charge in [-0.3, -0.25) is 4.98 Å². The third kappa shape index (κ3) is 9.17. The fourth-order valence-corrected chi connectivity index (χ4v) is 0.849. The molecule has 0 N–H and O–H groups in total. The summed E-state index contributed by atoms with van der Waals surface area (Å²) >= 11 is 0. The van der Waals surface area contributed by atoms with Gasteiger partial charge in [0, 0.05) is 12.4 Å². The second-order valence-electron chi connectivity index (χ2n) is 2.48. The quantitative estimate of drug-likeness (QED) is 0.758. The Bertz CT molecular complexity index is 348. The second-order valence-corrected chi connectivity index (χ2v) is 3.82. The lowest BCUT2D eigenvalue weighted by Crippen LogP contribution is -2.02. The summed E-state index contributed by atoms with van der Waals surface area (Å²) < 4.78 is 28.9. The molecule has 6 heteroatoms. The number of hydrogen-bond acceptors (Lipinski definition) is 5. The van der Waals surface area contributed by atoms with E-state index in [0.717, 1.165) is 19.8 Å². The van der Waals surface area contributed by atoms with Gasteiger partial charge in [0.05, 0.1) is 7.11 Å². The van der Waals surface area contributed by atoms with Gasteiger partial charge in [-0.25, -0.2) is 4.18 Å². The van der Waals surface area contributed by atoms with Crippen molar-refractivity contribution in [3.05, 3.63) is 42.9 Å². The average molecular weight is 245 g/mol. The Morgan fingerprint density at radius 1 is 1.25 bits per heavy atom. The van der Waals surface area contributed by atoms with Crippen LogP contribution in [0.5, 0.6) is 0 Å². The molecule has 0 radical (unpaired) electrons. The summed E-state index contributed by atoms with van der Waals surface area (Å²) in [5.74, 6) is 0. The summed E-state index contributed by atoms with van der Waals surface area (Å²) in [5.41, 5.74) is 0. The Kier molecular flexibility index (Phi) is 8.10. The SMILES string of the molecule is CCC=COS(=O)(=O)OC.c1ccncc1. The zero-order valence-electron chi connectivity index (χ0n) is 9.24. The molecule has 1 aromatic rings. The van der Waals surface area contributed by atoms with Gasteiger partial charge in [0.15, 0.2) is 0 Å². The van der Waals surface area contributed by atoms with E-state index in [1.165, 1.54) is 0 Å². The van der Waals surface area contributed by atoms with Crippen LogP contribution in [0.1, 0.15) is 13.3 Å². The van der Waals surface area contributed by atoms with E-state index in [0.29, 0.717) is 0 Å². The molecule has 0 aliphatic rings. The van der Waals surface area contributed by atoms with E-state index in [4.69, 9.17) is 0 Å². The summed E-state index contributed by atoms with van der Waals surface area (Å²) in [5, 5.41) is 0. The van der Waals surface area contributed by atoms with Crippen molar-refractivity contribution in [2.75, 3.05) is 7.11 Å². The van der Waals surface area contributed by atoms with Gasteiger partial charge in [0.1, 0.15) is 6.26 Å². The van der Waals surface area contributed by atoms with Crippen molar-refractivity contribution in [2.24, 2.45) is 0 Å². The number of pyridine rings is 1. The average Bonchev–Trinajstić information content (AvgIpc) is 2.32. The summed E-state index contributed by atoms with van der Waals surface area (Å²) in [4.78, 5) is 3.78. The van der Waals surface area contributed by atoms with Crippen LogP contribution in [0.15, 0.2) is 42.9 Å². The van der Waals surface area contributed by atoms with Crippen LogP contribution in [0.4, 0.5) is 0 Å². The molecule has 0 spiro atoms. The molecule has 0 aromatic carbocycles. The van der Waals surface area contributed by atoms with Crippen LogP contribution in [-0.4, -0.2) is 20.5 Å². The van der Waals surface area contributed by atoms with Crippen LogP contribution in [0, 0.1) is 0 Å². The molecule has 16 heavy (non-hydrogen) atoms. The molecule has 0 saturated carbocycles. The third-order valence-corrected chi connectivity index (χ3v) is 2.03. The largest absolute Gasteiger partial charge is 0.448 e. The Morgan fingerprint density at radius 2 is 1.88 bits per heavy atom. The number of rotatable bonds is 4. The van der Waals surface area contributed by atoms with Crippen molar-refractivity contribution < 1.29 is 16.8 Å². The van der Waals surface area contributed by atoms with Gasteiger partial charge in [-0.2, -0.15) is 8.42 Å². The zero-order valence-corrected chi connectivity index (χ0v) is 10.1. The van der Waals surface area contributed by atoms with Gasteiger partial charge in [-0.05, 0) is 24.6 Å². The first-order valence-electron chi connectivity index (χ1n) is 4.61. The standard InChI is InChI=1S/C5H5N.C5H10O4S/c1-2-4-6-5-3-1;1-3-4-5-9-10(6,7)8-2/h1-5H;4-5H,3H2,1-2H3. The normalized spacial score (nSPS) is 10.6. The third-order valence-electron chi connectivity index (χ3n) is 1.28. The van der Waals surface area contributed by atoms with Crippen molar-refractivity contribution in [2.45, 2.75) is 13.3 Å². The smallest absolute Gasteiger partial charge is 0.370 e. The van der Waals surface area contributed by atoms with E-state index in [2.05, 4.69) is 13.4 Å². The molecule has 0 aliphatic carbocycles. The fourth-order valence-electron chi connectivity index (χ4n) is 0.555. The second kappa shape index (κ2) is 8.87. The van der Waals surface area contributed by atoms with Crippen molar-refractivity contribution in [1.82, 2.24) is 4.98 Å². The molecule has 0 saturated heterocycles. The van der Waals surface area contributed by atoms with E-state index in [1.54, 1.807) is 18.5 Å². The molecule has 0 amide bonds. The highest BCUT2D eigenvalue weighted by molar-refractivity contribution is 7.81. The minimum Gasteiger partial charge on any atom is -0.370 e. The fraction of sp³-hybridized carbons (Fsp3) is 0.300. The molecule has 1 aromatic heterocycles. The van der Waals surface area contributed by atoms with Crippen molar-refractivity contribution in [3.8, 4) is 0 Å². The molecule has 0 aliphatic heterocycles. The number of nitrogens with zero attached hydrogens (tertiary/aromatic N) is 1. The molecular formula is C10H15NO4S. The predicted molar refractivity (Wildman–Crippen MR) is 60.7 cm³/mol. The topological polar surface area (TPSA) is 65.5 Å². The summed E-state index contributed by atoms with van der Waals surface area (Å²) in [6.45, 7) is 1.86. The molecule has 90 valence electrons. The maximum atomic E-state index is 10.4. The number of aromatic nitrogens is 1. The lowest BCUT2D eigenvalue weighted by molar-refractivity contribution is 0.308. The van der Waals surface area contributed by atoms with Crippen LogP contribution in [0.2, 0.25) is 0 Å². The van der Waals surface area contributed by atoms with Crippen molar-refractivity contribution in [3.63, 3.8) is 0 Å². The van der Waals surface area contributed by atoms with Crippen LogP contribution in [-0.2, 0) is 18.8 Å². The molecule has 5 nitrogen and oxygen atoms in total. The maximum absolute atomic E-state index is 10.4. The molecule has 1 rings (SSSR count). The molecule has 0 atom stereocenters. The first-order valence-corrected chi connectivity index (χ1v) is 5.94. The van der Waals surface area contributed by atoms with Gasteiger partial charge in [-0.1, -0.05) is 13.0 Å². The Morgan fingerprint density at radius 3 is 2.19 bits per heavy atom. The van der Waals surface area contributed by atoms with Crippen molar-refractivity contribution in [1.29, 1.82) is 0 Å². The summed E-state index contributed by atoms with van der Waals surface area (Å²) in [6.07, 6.45) is 6.87. The Labute approximate surface area is 96.1 Å². The predicted octanol–water partition coefficient (Wildman–Crippen LogP) is 1.90. The summed E-state index contributed by atoms with van der Waals surface area (Å²) in [6, 6.07) is 5.72. The molecule has 0 bridgehead atoms. The lowest BCUT2D eigenvalue weighted by atomic mass is 10.5. The molecular weight excluding hydrogens is 230 g/mol. The van der Waals surface area contributed by atoms with E-state index < -0.39 is 10.4 Å². The molecule has 1 heterocycles. The first-order chi connectivity index (χ1) is 7.62. The minimum atomic E-state index is -3.78. The Balaban J connectivity index is 0.000000315. The van der Waals surface area contributed by atoms with Gasteiger partial charge < -0.3 is 4.18 Å². The van der Waals surface area contributed by atoms with Crippen LogP contribution in [0.3, 0.4) is 0 Å². The van der Waals surface area contributed by atoms with Gasteiger partial charge in [0.25, 0.3) is 0 Å². The first kappa shape index (κ1) is 14.6. The van der Waals surface area contributed by atoms with E-state index in [-0.39, 0.29) is 0 Å². The van der Waals surface area contributed by atoms with Crippen LogP contribution in [0.25, 0.3) is 0 Å². The summed E-state index contributed by atoms with van der Waals surface area (Å²) in [7, 11) is -2.74. The van der Waals surface area contributed by atoms with E-state index in [1.807, 2.05) is 25.1 Å². The number of allylic oxidation sites excluding steroid dienone is 1. The maximum Gasteiger partial charge on any atom is 0.448 e. The van der Waals surface area contributed by atoms with Crippen molar-refractivity contribution >= 4 is 10.4 Å². The molecule has 0 unspecified atom stereocenters. The van der Waals surface area contributed by atoms with E-state index >= 15 is 0 Å². The molecule has 0 fully saturated rings. The van der Waals surface area contributed by atoms with E-state index in [9.17, 15) is 8.42 Å². The monoisotopic (exact) mass is 245 g/mol. The van der Waals surface area contributed by atoms with Gasteiger partial charge in [-0.15, -0.1) is 0 Å². The lowest BCUT2D eigenvalue weighted by Gasteiger charge is -1.95. The zero-order chi connectivity index (χ0) is 12.3. The van der Waals surface area contributed by atoms with Gasteiger partial charge in [0.2, 0.25) is 0 Å². The van der Waals surface area contributed by atoms with Gasteiger partial charge >= 0.3 is 10.4 Å². The minimum absolute atomic E-state index is 0.721.